The van der Waals surface area contributed by atoms with Crippen LogP contribution in [0.2, 0.25) is 0 Å². The Bertz CT molecular complexity index is 1140. The highest BCUT2D eigenvalue weighted by Crippen LogP contribution is 2.20. The van der Waals surface area contributed by atoms with E-state index in [1.165, 1.54) is 12.3 Å². The maximum absolute atomic E-state index is 12.4. The van der Waals surface area contributed by atoms with Crippen molar-refractivity contribution in [3.8, 4) is 23.2 Å². The molecule has 0 bridgehead atoms. The van der Waals surface area contributed by atoms with E-state index in [9.17, 15) is 9.59 Å². The molecule has 0 aliphatic carbocycles. The fraction of sp³-hybridized carbons (Fsp3) is 0. The number of carbonyl (C=O) groups is 1. The Kier molecular flexibility index (Phi) is 4.67. The first-order valence-corrected chi connectivity index (χ1v) is 8.32. The van der Waals surface area contributed by atoms with E-state index >= 15 is 0 Å². The van der Waals surface area contributed by atoms with Gasteiger partial charge in [0.1, 0.15) is 17.1 Å². The highest BCUT2D eigenvalue weighted by molar-refractivity contribution is 6.04. The Morgan fingerprint density at radius 3 is 2.46 bits per heavy atom. The molecule has 0 atom stereocenters. The van der Waals surface area contributed by atoms with Crippen LogP contribution < -0.4 is 15.6 Å². The largest absolute Gasteiger partial charge is 0.463 e. The molecule has 0 saturated carbocycles. The first-order chi connectivity index (χ1) is 13.7. The van der Waals surface area contributed by atoms with Gasteiger partial charge in [-0.1, -0.05) is 0 Å². The van der Waals surface area contributed by atoms with Gasteiger partial charge in [-0.2, -0.15) is 0 Å². The van der Waals surface area contributed by atoms with E-state index in [0.717, 1.165) is 0 Å². The minimum atomic E-state index is -0.521. The summed E-state index contributed by atoms with van der Waals surface area (Å²) in [4.78, 5) is 35.2. The smallest absolute Gasteiger partial charge is 0.321 e. The van der Waals surface area contributed by atoms with Crippen LogP contribution in [0.5, 0.6) is 11.8 Å². The maximum atomic E-state index is 12.4. The number of pyridine rings is 1. The molecule has 0 unspecified atom stereocenters. The van der Waals surface area contributed by atoms with Crippen molar-refractivity contribution in [1.82, 2.24) is 15.0 Å². The van der Waals surface area contributed by atoms with Gasteiger partial charge in [-0.3, -0.25) is 9.59 Å². The molecule has 1 amide bonds. The van der Waals surface area contributed by atoms with Gasteiger partial charge in [0.15, 0.2) is 0 Å². The Labute approximate surface area is 158 Å². The molecule has 0 radical (unpaired) electrons. The van der Waals surface area contributed by atoms with E-state index in [1.807, 2.05) is 0 Å². The van der Waals surface area contributed by atoms with E-state index in [-0.39, 0.29) is 11.6 Å². The van der Waals surface area contributed by atoms with Crippen LogP contribution in [-0.2, 0) is 0 Å². The van der Waals surface area contributed by atoms with Crippen LogP contribution in [-0.4, -0.2) is 20.9 Å². The lowest BCUT2D eigenvalue weighted by atomic mass is 10.2. The van der Waals surface area contributed by atoms with Gasteiger partial charge in [-0.25, -0.2) is 9.97 Å². The minimum absolute atomic E-state index is 0.00619. The number of aromatic nitrogens is 3. The summed E-state index contributed by atoms with van der Waals surface area (Å²) in [6.45, 7) is 0. The molecule has 1 aromatic carbocycles. The molecular weight excluding hydrogens is 360 g/mol. The van der Waals surface area contributed by atoms with E-state index in [4.69, 9.17) is 9.15 Å². The topological polar surface area (TPSA) is 110 Å². The lowest BCUT2D eigenvalue weighted by Gasteiger charge is -2.07. The number of rotatable bonds is 5. The molecule has 2 N–H and O–H groups in total. The van der Waals surface area contributed by atoms with Gasteiger partial charge in [0.2, 0.25) is 0 Å². The zero-order valence-electron chi connectivity index (χ0n) is 14.5. The monoisotopic (exact) mass is 374 g/mol. The second-order valence-electron chi connectivity index (χ2n) is 5.70. The molecule has 28 heavy (non-hydrogen) atoms. The van der Waals surface area contributed by atoms with Gasteiger partial charge in [0.25, 0.3) is 11.5 Å². The van der Waals surface area contributed by atoms with Gasteiger partial charge in [0, 0.05) is 18.1 Å². The molecule has 8 nitrogen and oxygen atoms in total. The summed E-state index contributed by atoms with van der Waals surface area (Å²) in [6, 6.07) is 15.1. The lowest BCUT2D eigenvalue weighted by Crippen LogP contribution is -2.23. The zero-order valence-corrected chi connectivity index (χ0v) is 14.5. The van der Waals surface area contributed by atoms with Crippen LogP contribution in [0.25, 0.3) is 11.5 Å². The van der Waals surface area contributed by atoms with Gasteiger partial charge in [-0.05, 0) is 54.6 Å². The van der Waals surface area contributed by atoms with E-state index < -0.39 is 11.5 Å². The number of nitrogens with one attached hydrogen (secondary N) is 2. The van der Waals surface area contributed by atoms with Gasteiger partial charge < -0.3 is 19.5 Å². The van der Waals surface area contributed by atoms with Crippen molar-refractivity contribution in [3.63, 3.8) is 0 Å². The second kappa shape index (κ2) is 7.58. The van der Waals surface area contributed by atoms with Crippen molar-refractivity contribution in [2.24, 2.45) is 0 Å². The number of hydrogen-bond donors (Lipinski definition) is 2. The fourth-order valence-corrected chi connectivity index (χ4v) is 2.48. The van der Waals surface area contributed by atoms with Crippen LogP contribution in [0.4, 0.5) is 5.69 Å². The number of carbonyl (C=O) groups excluding carboxylic acids is 1. The zero-order chi connectivity index (χ0) is 19.3. The standard InChI is InChI=1S/C20H14N4O4/c25-18(15-8-9-16(24-19(15)26)17-3-1-12-27-17)23-13-4-6-14(7-5-13)28-20-21-10-2-11-22-20/h1-12H,(H,23,25)(H,24,26). The Balaban J connectivity index is 1.45. The third-order valence-electron chi connectivity index (χ3n) is 3.80. The maximum Gasteiger partial charge on any atom is 0.321 e. The van der Waals surface area contributed by atoms with Crippen molar-refractivity contribution in [1.29, 1.82) is 0 Å². The number of aromatic amines is 1. The van der Waals surface area contributed by atoms with Crippen LogP contribution >= 0.6 is 0 Å². The van der Waals surface area contributed by atoms with E-state index in [1.54, 1.807) is 60.9 Å². The number of furan rings is 1. The van der Waals surface area contributed by atoms with Crippen molar-refractivity contribution in [2.75, 3.05) is 5.32 Å². The lowest BCUT2D eigenvalue weighted by molar-refractivity contribution is 0.102. The molecule has 4 aromatic rings. The molecule has 0 saturated heterocycles. The number of ether oxygens (including phenoxy) is 1. The predicted octanol–water partition coefficient (Wildman–Crippen LogP) is 3.47. The van der Waals surface area contributed by atoms with Crippen LogP contribution in [0, 0.1) is 0 Å². The van der Waals surface area contributed by atoms with Crippen molar-refractivity contribution in [2.45, 2.75) is 0 Å². The first kappa shape index (κ1) is 17.2. The van der Waals surface area contributed by atoms with Crippen LogP contribution in [0.3, 0.4) is 0 Å². The normalized spacial score (nSPS) is 10.4. The average molecular weight is 374 g/mol. The predicted molar refractivity (Wildman–Crippen MR) is 101 cm³/mol. The van der Waals surface area contributed by atoms with Gasteiger partial charge >= 0.3 is 6.01 Å². The molecule has 3 aromatic heterocycles. The average Bonchev–Trinajstić information content (AvgIpc) is 3.25. The summed E-state index contributed by atoms with van der Waals surface area (Å²) >= 11 is 0. The summed E-state index contributed by atoms with van der Waals surface area (Å²) in [5.41, 5.74) is 0.498. The molecule has 0 aliphatic rings. The summed E-state index contributed by atoms with van der Waals surface area (Å²) in [5, 5.41) is 2.68. The molecule has 0 fully saturated rings. The number of anilines is 1. The van der Waals surface area contributed by atoms with E-state index in [2.05, 4.69) is 20.3 Å². The summed E-state index contributed by atoms with van der Waals surface area (Å²) in [5.74, 6) is 0.513. The fourth-order valence-electron chi connectivity index (χ4n) is 2.48. The Morgan fingerprint density at radius 1 is 1.00 bits per heavy atom. The van der Waals surface area contributed by atoms with E-state index in [0.29, 0.717) is 22.9 Å². The summed E-state index contributed by atoms with van der Waals surface area (Å²) < 4.78 is 10.7. The molecule has 0 aliphatic heterocycles. The van der Waals surface area contributed by atoms with Crippen LogP contribution in [0.15, 0.2) is 82.5 Å². The van der Waals surface area contributed by atoms with Crippen molar-refractivity contribution >= 4 is 11.6 Å². The third-order valence-corrected chi connectivity index (χ3v) is 3.80. The molecule has 3 heterocycles. The van der Waals surface area contributed by atoms with Gasteiger partial charge in [-0.15, -0.1) is 0 Å². The molecule has 0 spiro atoms. The highest BCUT2D eigenvalue weighted by Gasteiger charge is 2.13. The molecular formula is C20H14N4O4. The third kappa shape index (κ3) is 3.80. The summed E-state index contributed by atoms with van der Waals surface area (Å²) in [7, 11) is 0. The molecule has 4 rings (SSSR count). The number of H-pyrrole nitrogens is 1. The SMILES string of the molecule is O=C(Nc1ccc(Oc2ncccn2)cc1)c1ccc(-c2ccco2)[nH]c1=O. The minimum Gasteiger partial charge on any atom is -0.463 e. The molecule has 8 heteroatoms. The number of nitrogens with zero attached hydrogens (tertiary/aromatic N) is 2. The van der Waals surface area contributed by atoms with Crippen molar-refractivity contribution in [3.05, 3.63) is 89.2 Å². The highest BCUT2D eigenvalue weighted by atomic mass is 16.5. The summed E-state index contributed by atoms with van der Waals surface area (Å²) in [6.07, 6.45) is 4.66. The molecule has 138 valence electrons. The number of hydrogen-bond acceptors (Lipinski definition) is 6. The van der Waals surface area contributed by atoms with Gasteiger partial charge in [0.05, 0.1) is 12.0 Å². The van der Waals surface area contributed by atoms with Crippen LogP contribution in [0.1, 0.15) is 10.4 Å². The Hall–Kier alpha value is -4.20. The number of amides is 1. The number of benzene rings is 1. The first-order valence-electron chi connectivity index (χ1n) is 8.32. The Morgan fingerprint density at radius 2 is 1.79 bits per heavy atom. The van der Waals surface area contributed by atoms with Crippen molar-refractivity contribution < 1.29 is 13.9 Å². The quantitative estimate of drug-likeness (QED) is 0.553. The second-order valence-corrected chi connectivity index (χ2v) is 5.70.